The first-order chi connectivity index (χ1) is 9.51. The quantitative estimate of drug-likeness (QED) is 0.925. The van der Waals surface area contributed by atoms with Crippen LogP contribution in [0.4, 0.5) is 5.69 Å². The zero-order chi connectivity index (χ0) is 14.7. The second-order valence-corrected chi connectivity index (χ2v) is 4.78. The number of nitrogens with two attached hydrogens (primary N) is 1. The number of carbonyl (C=O) groups is 1. The van der Waals surface area contributed by atoms with Crippen LogP contribution in [0, 0.1) is 0 Å². The lowest BCUT2D eigenvalue weighted by Gasteiger charge is -2.17. The minimum atomic E-state index is -0.0555. The lowest BCUT2D eigenvalue weighted by Crippen LogP contribution is -2.27. The van der Waals surface area contributed by atoms with Crippen molar-refractivity contribution in [3.8, 4) is 5.75 Å². The van der Waals surface area contributed by atoms with E-state index in [1.807, 2.05) is 31.3 Å². The number of anilines is 1. The normalized spacial score (nSPS) is 10.3. The van der Waals surface area contributed by atoms with Crippen LogP contribution in [0.3, 0.4) is 0 Å². The molecule has 2 aromatic rings. The topological polar surface area (TPSA) is 60.5 Å². The summed E-state index contributed by atoms with van der Waals surface area (Å²) in [6.07, 6.45) is 1.73. The Hall–Kier alpha value is -2.43. The molecule has 0 saturated heterocycles. The molecule has 1 amide bonds. The van der Waals surface area contributed by atoms with E-state index in [4.69, 9.17) is 10.5 Å². The number of benzene rings is 1. The fraction of sp³-hybridized carbons (Fsp3) is 0.267. The highest BCUT2D eigenvalue weighted by Crippen LogP contribution is 2.15. The third-order valence-electron chi connectivity index (χ3n) is 3.17. The number of aryl methyl sites for hydroxylation is 1. The van der Waals surface area contributed by atoms with Gasteiger partial charge in [0.1, 0.15) is 11.4 Å². The van der Waals surface area contributed by atoms with E-state index in [0.29, 0.717) is 17.9 Å². The summed E-state index contributed by atoms with van der Waals surface area (Å²) in [4.78, 5) is 14.0. The zero-order valence-electron chi connectivity index (χ0n) is 12.0. The van der Waals surface area contributed by atoms with Crippen LogP contribution in [-0.4, -0.2) is 29.5 Å². The molecule has 5 heteroatoms. The largest absolute Gasteiger partial charge is 0.497 e. The highest BCUT2D eigenvalue weighted by atomic mass is 16.5. The molecule has 0 fully saturated rings. The van der Waals surface area contributed by atoms with Crippen LogP contribution in [0.2, 0.25) is 0 Å². The summed E-state index contributed by atoms with van der Waals surface area (Å²) in [5.74, 6) is 0.748. The molecule has 0 saturated carbocycles. The van der Waals surface area contributed by atoms with Gasteiger partial charge in [-0.05, 0) is 23.8 Å². The van der Waals surface area contributed by atoms with E-state index in [1.54, 1.807) is 35.9 Å². The van der Waals surface area contributed by atoms with E-state index in [2.05, 4.69) is 0 Å². The van der Waals surface area contributed by atoms with Gasteiger partial charge in [-0.3, -0.25) is 4.79 Å². The minimum Gasteiger partial charge on any atom is -0.497 e. The van der Waals surface area contributed by atoms with Crippen LogP contribution in [-0.2, 0) is 13.6 Å². The van der Waals surface area contributed by atoms with Gasteiger partial charge in [-0.25, -0.2) is 0 Å². The molecule has 0 bridgehead atoms. The molecule has 1 aromatic carbocycles. The predicted octanol–water partition coefficient (Wildman–Crippen LogP) is 1.89. The van der Waals surface area contributed by atoms with Crippen molar-refractivity contribution in [2.75, 3.05) is 19.9 Å². The Morgan fingerprint density at radius 2 is 2.00 bits per heavy atom. The number of nitrogen functional groups attached to an aromatic ring is 1. The second kappa shape index (κ2) is 5.69. The Kier molecular flexibility index (Phi) is 3.98. The number of carbonyl (C=O) groups excluding carboxylic acids is 1. The van der Waals surface area contributed by atoms with Crippen molar-refractivity contribution in [2.24, 2.45) is 7.05 Å². The molecule has 1 heterocycles. The lowest BCUT2D eigenvalue weighted by molar-refractivity contribution is 0.0775. The zero-order valence-corrected chi connectivity index (χ0v) is 12.0. The molecular formula is C15H19N3O2. The Labute approximate surface area is 118 Å². The van der Waals surface area contributed by atoms with Crippen LogP contribution in [0.5, 0.6) is 5.75 Å². The van der Waals surface area contributed by atoms with E-state index in [9.17, 15) is 4.79 Å². The highest BCUT2D eigenvalue weighted by molar-refractivity contribution is 5.93. The standard InChI is InChI=1S/C15H19N3O2/c1-17-10-12(16)8-14(17)15(19)18(2)9-11-4-6-13(20-3)7-5-11/h4-8,10H,9,16H2,1-3H3. The van der Waals surface area contributed by atoms with Gasteiger partial charge >= 0.3 is 0 Å². The van der Waals surface area contributed by atoms with Crippen molar-refractivity contribution in [3.05, 3.63) is 47.8 Å². The van der Waals surface area contributed by atoms with Gasteiger partial charge in [0.15, 0.2) is 0 Å². The van der Waals surface area contributed by atoms with Crippen molar-refractivity contribution in [1.82, 2.24) is 9.47 Å². The van der Waals surface area contributed by atoms with Gasteiger partial charge in [0.05, 0.1) is 12.8 Å². The third-order valence-corrected chi connectivity index (χ3v) is 3.17. The molecule has 0 radical (unpaired) electrons. The maximum Gasteiger partial charge on any atom is 0.270 e. The van der Waals surface area contributed by atoms with Crippen LogP contribution < -0.4 is 10.5 Å². The SMILES string of the molecule is COc1ccc(CN(C)C(=O)c2cc(N)cn2C)cc1. The fourth-order valence-corrected chi connectivity index (χ4v) is 2.07. The highest BCUT2D eigenvalue weighted by Gasteiger charge is 2.15. The Morgan fingerprint density at radius 3 is 2.50 bits per heavy atom. The van der Waals surface area contributed by atoms with Crippen LogP contribution >= 0.6 is 0 Å². The van der Waals surface area contributed by atoms with Gasteiger partial charge in [-0.15, -0.1) is 0 Å². The predicted molar refractivity (Wildman–Crippen MR) is 78.6 cm³/mol. The van der Waals surface area contributed by atoms with Gasteiger partial charge in [0, 0.05) is 26.8 Å². The Morgan fingerprint density at radius 1 is 1.35 bits per heavy atom. The van der Waals surface area contributed by atoms with Crippen molar-refractivity contribution in [1.29, 1.82) is 0 Å². The molecule has 0 aliphatic heterocycles. The number of ether oxygens (including phenoxy) is 1. The number of amides is 1. The summed E-state index contributed by atoms with van der Waals surface area (Å²) in [6.45, 7) is 0.536. The van der Waals surface area contributed by atoms with E-state index in [0.717, 1.165) is 11.3 Å². The van der Waals surface area contributed by atoms with Crippen molar-refractivity contribution < 1.29 is 9.53 Å². The molecule has 5 nitrogen and oxygen atoms in total. The summed E-state index contributed by atoms with van der Waals surface area (Å²) < 4.78 is 6.85. The molecule has 20 heavy (non-hydrogen) atoms. The first kappa shape index (κ1) is 14.0. The summed E-state index contributed by atoms with van der Waals surface area (Å²) in [5.41, 5.74) is 7.91. The monoisotopic (exact) mass is 273 g/mol. The molecule has 0 atom stereocenters. The second-order valence-electron chi connectivity index (χ2n) is 4.78. The number of rotatable bonds is 4. The van der Waals surface area contributed by atoms with Gasteiger partial charge < -0.3 is 19.9 Å². The Bertz CT molecular complexity index is 602. The lowest BCUT2D eigenvalue weighted by atomic mass is 10.2. The average Bonchev–Trinajstić information content (AvgIpc) is 2.77. The molecule has 2 rings (SSSR count). The summed E-state index contributed by atoms with van der Waals surface area (Å²) in [7, 11) is 5.21. The van der Waals surface area contributed by atoms with Crippen LogP contribution in [0.25, 0.3) is 0 Å². The number of hydrogen-bond donors (Lipinski definition) is 1. The van der Waals surface area contributed by atoms with Gasteiger partial charge in [0.25, 0.3) is 5.91 Å². The maximum atomic E-state index is 12.3. The van der Waals surface area contributed by atoms with Crippen molar-refractivity contribution in [2.45, 2.75) is 6.54 Å². The Balaban J connectivity index is 2.09. The van der Waals surface area contributed by atoms with E-state index in [1.165, 1.54) is 0 Å². The first-order valence-corrected chi connectivity index (χ1v) is 6.31. The number of hydrogen-bond acceptors (Lipinski definition) is 3. The van der Waals surface area contributed by atoms with Gasteiger partial charge in [0.2, 0.25) is 0 Å². The average molecular weight is 273 g/mol. The van der Waals surface area contributed by atoms with Crippen molar-refractivity contribution in [3.63, 3.8) is 0 Å². The van der Waals surface area contributed by atoms with E-state index in [-0.39, 0.29) is 5.91 Å². The molecule has 1 aromatic heterocycles. The molecule has 0 unspecified atom stereocenters. The fourth-order valence-electron chi connectivity index (χ4n) is 2.07. The van der Waals surface area contributed by atoms with Gasteiger partial charge in [-0.2, -0.15) is 0 Å². The van der Waals surface area contributed by atoms with Gasteiger partial charge in [-0.1, -0.05) is 12.1 Å². The summed E-state index contributed by atoms with van der Waals surface area (Å²) >= 11 is 0. The van der Waals surface area contributed by atoms with Crippen molar-refractivity contribution >= 4 is 11.6 Å². The third kappa shape index (κ3) is 2.93. The molecule has 0 spiro atoms. The number of methoxy groups -OCH3 is 1. The van der Waals surface area contributed by atoms with E-state index < -0.39 is 0 Å². The first-order valence-electron chi connectivity index (χ1n) is 6.31. The molecule has 106 valence electrons. The number of aromatic nitrogens is 1. The minimum absolute atomic E-state index is 0.0555. The molecule has 0 aliphatic rings. The van der Waals surface area contributed by atoms with Crippen LogP contribution in [0.1, 0.15) is 16.1 Å². The smallest absolute Gasteiger partial charge is 0.270 e. The van der Waals surface area contributed by atoms with E-state index >= 15 is 0 Å². The number of nitrogens with zero attached hydrogens (tertiary/aromatic N) is 2. The van der Waals surface area contributed by atoms with Crippen LogP contribution in [0.15, 0.2) is 36.5 Å². The maximum absolute atomic E-state index is 12.3. The molecule has 2 N–H and O–H groups in total. The summed E-state index contributed by atoms with van der Waals surface area (Å²) in [6, 6.07) is 9.35. The molecule has 0 aliphatic carbocycles. The molecular weight excluding hydrogens is 254 g/mol. The summed E-state index contributed by atoms with van der Waals surface area (Å²) in [5, 5.41) is 0.